The average Bonchev–Trinajstić information content (AvgIpc) is 3.08. The zero-order valence-electron chi connectivity index (χ0n) is 13.2. The molecule has 3 heterocycles. The van der Waals surface area contributed by atoms with Gasteiger partial charge in [-0.3, -0.25) is 9.52 Å². The van der Waals surface area contributed by atoms with Crippen LogP contribution in [-0.4, -0.2) is 30.5 Å². The summed E-state index contributed by atoms with van der Waals surface area (Å²) in [6.07, 6.45) is 6.33. The molecule has 1 aliphatic rings. The lowest BCUT2D eigenvalue weighted by molar-refractivity contribution is -0.110. The van der Waals surface area contributed by atoms with Crippen LogP contribution in [0.5, 0.6) is 0 Å². The van der Waals surface area contributed by atoms with Gasteiger partial charge < -0.3 is 10.3 Å². The molecule has 4 rings (SSSR count). The van der Waals surface area contributed by atoms with Crippen LogP contribution in [-0.2, 0) is 14.8 Å². The number of fused-ring (bicyclic) bond motifs is 2. The molecule has 0 saturated carbocycles. The lowest BCUT2D eigenvalue weighted by atomic mass is 10.0. The number of hydrogen-bond donors (Lipinski definition) is 3. The van der Waals surface area contributed by atoms with Gasteiger partial charge in [0.25, 0.3) is 5.91 Å². The highest BCUT2D eigenvalue weighted by Crippen LogP contribution is 2.36. The van der Waals surface area contributed by atoms with Gasteiger partial charge in [-0.25, -0.2) is 13.4 Å². The van der Waals surface area contributed by atoms with Crippen LogP contribution in [0.15, 0.2) is 42.7 Å². The first kappa shape index (κ1) is 15.4. The molecule has 0 saturated heterocycles. The summed E-state index contributed by atoms with van der Waals surface area (Å²) in [5.41, 5.74) is 3.74. The summed E-state index contributed by atoms with van der Waals surface area (Å²) in [4.78, 5) is 19.6. The number of hydrogen-bond acceptors (Lipinski definition) is 4. The highest BCUT2D eigenvalue weighted by Gasteiger charge is 2.25. The molecule has 7 nitrogen and oxygen atoms in total. The first-order valence-electron chi connectivity index (χ1n) is 7.48. The van der Waals surface area contributed by atoms with Crippen molar-refractivity contribution < 1.29 is 13.2 Å². The van der Waals surface area contributed by atoms with Crippen LogP contribution in [0.4, 0.5) is 11.4 Å². The quantitative estimate of drug-likeness (QED) is 0.628. The number of sulfonamides is 1. The molecule has 3 aromatic rings. The summed E-state index contributed by atoms with van der Waals surface area (Å²) < 4.78 is 25.3. The monoisotopic (exact) mass is 354 g/mol. The molecule has 126 valence electrons. The molecule has 0 spiro atoms. The molecule has 1 aliphatic heterocycles. The Labute approximate surface area is 143 Å². The fourth-order valence-electron chi connectivity index (χ4n) is 2.86. The van der Waals surface area contributed by atoms with Crippen molar-refractivity contribution in [3.63, 3.8) is 0 Å². The van der Waals surface area contributed by atoms with Gasteiger partial charge >= 0.3 is 0 Å². The van der Waals surface area contributed by atoms with E-state index in [1.165, 1.54) is 0 Å². The normalized spacial score (nSPS) is 15.4. The van der Waals surface area contributed by atoms with Crippen LogP contribution < -0.4 is 10.0 Å². The number of pyridine rings is 1. The minimum Gasteiger partial charge on any atom is -0.346 e. The molecule has 25 heavy (non-hydrogen) atoms. The van der Waals surface area contributed by atoms with E-state index in [0.717, 1.165) is 22.9 Å². The molecule has 1 aromatic carbocycles. The van der Waals surface area contributed by atoms with Gasteiger partial charge in [-0.15, -0.1) is 0 Å². The Balaban J connectivity index is 1.82. The number of nitrogens with zero attached hydrogens (tertiary/aromatic N) is 1. The number of anilines is 2. The Morgan fingerprint density at radius 1 is 1.24 bits per heavy atom. The molecule has 0 bridgehead atoms. The second-order valence-corrected chi connectivity index (χ2v) is 7.54. The van der Waals surface area contributed by atoms with Gasteiger partial charge in [0.1, 0.15) is 5.65 Å². The van der Waals surface area contributed by atoms with Crippen LogP contribution in [0.25, 0.3) is 22.7 Å². The summed E-state index contributed by atoms with van der Waals surface area (Å²) in [5, 5.41) is 3.69. The number of aromatic amines is 1. The van der Waals surface area contributed by atoms with Crippen molar-refractivity contribution in [3.8, 4) is 0 Å². The number of carbonyl (C=O) groups is 1. The third-order valence-electron chi connectivity index (χ3n) is 3.89. The highest BCUT2D eigenvalue weighted by molar-refractivity contribution is 7.92. The van der Waals surface area contributed by atoms with E-state index in [1.807, 2.05) is 12.1 Å². The van der Waals surface area contributed by atoms with Crippen molar-refractivity contribution in [1.29, 1.82) is 0 Å². The minimum absolute atomic E-state index is 0.232. The predicted molar refractivity (Wildman–Crippen MR) is 97.5 cm³/mol. The number of nitrogens with one attached hydrogen (secondary N) is 3. The van der Waals surface area contributed by atoms with E-state index in [-0.39, 0.29) is 5.91 Å². The second-order valence-electron chi connectivity index (χ2n) is 5.79. The smallest absolute Gasteiger partial charge is 0.256 e. The van der Waals surface area contributed by atoms with Crippen molar-refractivity contribution in [2.45, 2.75) is 0 Å². The summed E-state index contributed by atoms with van der Waals surface area (Å²) in [6.45, 7) is 0. The van der Waals surface area contributed by atoms with E-state index in [2.05, 4.69) is 20.0 Å². The summed E-state index contributed by atoms with van der Waals surface area (Å²) >= 11 is 0. The van der Waals surface area contributed by atoms with Crippen LogP contribution in [0.1, 0.15) is 11.1 Å². The van der Waals surface area contributed by atoms with Gasteiger partial charge in [-0.1, -0.05) is 0 Å². The van der Waals surface area contributed by atoms with E-state index in [4.69, 9.17) is 0 Å². The van der Waals surface area contributed by atoms with E-state index >= 15 is 0 Å². The predicted octanol–water partition coefficient (Wildman–Crippen LogP) is 2.43. The van der Waals surface area contributed by atoms with E-state index < -0.39 is 10.0 Å². The van der Waals surface area contributed by atoms with Crippen LogP contribution in [0, 0.1) is 0 Å². The van der Waals surface area contributed by atoms with Crippen molar-refractivity contribution >= 4 is 50.0 Å². The van der Waals surface area contributed by atoms with Crippen molar-refractivity contribution in [2.24, 2.45) is 0 Å². The Morgan fingerprint density at radius 2 is 2.08 bits per heavy atom. The van der Waals surface area contributed by atoms with E-state index in [1.54, 1.807) is 36.7 Å². The number of aromatic nitrogens is 2. The summed E-state index contributed by atoms with van der Waals surface area (Å²) in [6, 6.07) is 8.68. The largest absolute Gasteiger partial charge is 0.346 e. The highest BCUT2D eigenvalue weighted by atomic mass is 32.2. The Hall–Kier alpha value is -3.13. The lowest BCUT2D eigenvalue weighted by Gasteiger charge is -2.06. The molecule has 3 N–H and O–H groups in total. The minimum atomic E-state index is -3.39. The van der Waals surface area contributed by atoms with Crippen LogP contribution in [0.3, 0.4) is 0 Å². The molecule has 8 heteroatoms. The number of carbonyl (C=O) groups excluding carboxylic acids is 1. The van der Waals surface area contributed by atoms with Crippen molar-refractivity contribution in [2.75, 3.05) is 16.3 Å². The molecule has 0 atom stereocenters. The van der Waals surface area contributed by atoms with Gasteiger partial charge in [0.2, 0.25) is 10.0 Å². The Bertz CT molecular complexity index is 1150. The molecule has 0 unspecified atom stereocenters. The van der Waals surface area contributed by atoms with E-state index in [9.17, 15) is 13.2 Å². The van der Waals surface area contributed by atoms with E-state index in [0.29, 0.717) is 22.5 Å². The topological polar surface area (TPSA) is 104 Å². The first-order valence-corrected chi connectivity index (χ1v) is 9.37. The lowest BCUT2D eigenvalue weighted by Crippen LogP contribution is -2.09. The number of amides is 1. The van der Waals surface area contributed by atoms with Gasteiger partial charge in [-0.2, -0.15) is 0 Å². The first-order chi connectivity index (χ1) is 11.9. The van der Waals surface area contributed by atoms with Gasteiger partial charge in [0, 0.05) is 45.9 Å². The van der Waals surface area contributed by atoms with Gasteiger partial charge in [-0.05, 0) is 36.4 Å². The number of benzene rings is 1. The third kappa shape index (κ3) is 2.87. The zero-order valence-corrected chi connectivity index (χ0v) is 14.0. The number of H-pyrrole nitrogens is 1. The average molecular weight is 354 g/mol. The molecule has 0 fully saturated rings. The summed E-state index contributed by atoms with van der Waals surface area (Å²) in [5.74, 6) is -0.232. The standard InChI is InChI=1S/C17H14N4O3S/c1-25(23,24)21-11-4-5-15-13(8-11)14(17(22)20-15)7-10-9-19-16-12(10)3-2-6-18-16/h2-9,21H,1H3,(H,18,19)(H,20,22). The maximum absolute atomic E-state index is 12.3. The van der Waals surface area contributed by atoms with Crippen LogP contribution in [0.2, 0.25) is 0 Å². The Morgan fingerprint density at radius 3 is 2.88 bits per heavy atom. The van der Waals surface area contributed by atoms with Crippen LogP contribution >= 0.6 is 0 Å². The molecule has 1 amide bonds. The molecule has 0 aliphatic carbocycles. The molecular formula is C17H14N4O3S. The third-order valence-corrected chi connectivity index (χ3v) is 4.50. The van der Waals surface area contributed by atoms with Crippen molar-refractivity contribution in [3.05, 3.63) is 53.9 Å². The fraction of sp³-hybridized carbons (Fsp3) is 0.0588. The second kappa shape index (κ2) is 5.45. The maximum atomic E-state index is 12.3. The zero-order chi connectivity index (χ0) is 17.6. The molecular weight excluding hydrogens is 340 g/mol. The fourth-order valence-corrected chi connectivity index (χ4v) is 3.42. The maximum Gasteiger partial charge on any atom is 0.256 e. The number of rotatable bonds is 3. The van der Waals surface area contributed by atoms with Gasteiger partial charge in [0.15, 0.2) is 0 Å². The Kier molecular flexibility index (Phi) is 3.36. The molecule has 0 radical (unpaired) electrons. The van der Waals surface area contributed by atoms with Gasteiger partial charge in [0.05, 0.1) is 6.26 Å². The summed E-state index contributed by atoms with van der Waals surface area (Å²) in [7, 11) is -3.39. The molecule has 2 aromatic heterocycles. The van der Waals surface area contributed by atoms with Crippen molar-refractivity contribution in [1.82, 2.24) is 9.97 Å². The SMILES string of the molecule is CS(=O)(=O)Nc1ccc2c(c1)C(=Cc1c[nH]c3ncccc13)C(=O)N2.